The lowest BCUT2D eigenvalue weighted by atomic mass is 10.2. The molecule has 24 heavy (non-hydrogen) atoms. The number of anilines is 1. The van der Waals surface area contributed by atoms with Crippen molar-refractivity contribution in [3.8, 4) is 5.75 Å². The minimum Gasteiger partial charge on any atom is -0.482 e. The van der Waals surface area contributed by atoms with Gasteiger partial charge in [-0.05, 0) is 43.5 Å². The molecule has 1 saturated heterocycles. The zero-order chi connectivity index (χ0) is 17.5. The molecule has 2 rings (SSSR count). The fourth-order valence-corrected chi connectivity index (χ4v) is 2.58. The third kappa shape index (κ3) is 5.26. The zero-order valence-electron chi connectivity index (χ0n) is 13.7. The van der Waals surface area contributed by atoms with Gasteiger partial charge in [0, 0.05) is 18.7 Å². The molecule has 1 heterocycles. The van der Waals surface area contributed by atoms with Crippen molar-refractivity contribution in [2.45, 2.75) is 32.6 Å². The normalized spacial score (nSPS) is 14.9. The third-order valence-electron chi connectivity index (χ3n) is 3.84. The van der Waals surface area contributed by atoms with Crippen LogP contribution in [0.2, 0.25) is 0 Å². The highest BCUT2D eigenvalue weighted by Crippen LogP contribution is 2.21. The fraction of sp³-hybridized carbons (Fsp3) is 0.471. The highest BCUT2D eigenvalue weighted by molar-refractivity contribution is 5.95. The molecule has 2 N–H and O–H groups in total. The summed E-state index contributed by atoms with van der Waals surface area (Å²) in [6.07, 6.45) is 3.32. The maximum atomic E-state index is 12.2. The second-order valence-electron chi connectivity index (χ2n) is 5.83. The Kier molecular flexibility index (Phi) is 6.17. The number of benzene rings is 1. The monoisotopic (exact) mass is 334 g/mol. The summed E-state index contributed by atoms with van der Waals surface area (Å²) in [5.74, 6) is -0.841. The van der Waals surface area contributed by atoms with Crippen molar-refractivity contribution >= 4 is 23.5 Å². The molecule has 2 amide bonds. The molecule has 0 unspecified atom stereocenters. The van der Waals surface area contributed by atoms with Gasteiger partial charge in [0.05, 0.1) is 6.54 Å². The van der Waals surface area contributed by atoms with Crippen LogP contribution in [0.4, 0.5) is 5.69 Å². The molecule has 0 spiro atoms. The number of hydrogen-bond acceptors (Lipinski definition) is 4. The summed E-state index contributed by atoms with van der Waals surface area (Å²) < 4.78 is 5.09. The number of carboxylic acid groups (broad SMARTS) is 1. The lowest BCUT2D eigenvalue weighted by molar-refractivity contribution is -0.139. The lowest BCUT2D eigenvalue weighted by Crippen LogP contribution is -2.37. The van der Waals surface area contributed by atoms with Crippen molar-refractivity contribution < 1.29 is 24.2 Å². The summed E-state index contributed by atoms with van der Waals surface area (Å²) in [7, 11) is 0. The van der Waals surface area contributed by atoms with Gasteiger partial charge in [-0.1, -0.05) is 6.42 Å². The molecule has 1 aliphatic rings. The SMILES string of the molecule is Cc1cc(OCC(=O)O)ccc1NC(=O)CN1CCCCCC1=O. The Bertz CT molecular complexity index is 629. The van der Waals surface area contributed by atoms with Crippen LogP contribution in [0, 0.1) is 6.92 Å². The maximum Gasteiger partial charge on any atom is 0.341 e. The van der Waals surface area contributed by atoms with E-state index in [0.717, 1.165) is 24.8 Å². The first-order valence-corrected chi connectivity index (χ1v) is 7.98. The van der Waals surface area contributed by atoms with Crippen LogP contribution in [-0.2, 0) is 14.4 Å². The molecular formula is C17H22N2O5. The van der Waals surface area contributed by atoms with Gasteiger partial charge in [-0.3, -0.25) is 9.59 Å². The number of amides is 2. The van der Waals surface area contributed by atoms with Gasteiger partial charge in [0.1, 0.15) is 5.75 Å². The topological polar surface area (TPSA) is 95.9 Å². The van der Waals surface area contributed by atoms with E-state index in [-0.39, 0.29) is 18.4 Å². The number of nitrogens with zero attached hydrogens (tertiary/aromatic N) is 1. The summed E-state index contributed by atoms with van der Waals surface area (Å²) in [6, 6.07) is 4.92. The van der Waals surface area contributed by atoms with Crippen molar-refractivity contribution in [2.75, 3.05) is 25.0 Å². The second kappa shape index (κ2) is 8.33. The van der Waals surface area contributed by atoms with Gasteiger partial charge in [0.25, 0.3) is 0 Å². The summed E-state index contributed by atoms with van der Waals surface area (Å²) >= 11 is 0. The molecule has 130 valence electrons. The van der Waals surface area contributed by atoms with E-state index in [1.54, 1.807) is 30.0 Å². The number of nitrogens with one attached hydrogen (secondary N) is 1. The second-order valence-corrected chi connectivity index (χ2v) is 5.83. The van der Waals surface area contributed by atoms with Crippen molar-refractivity contribution in [3.05, 3.63) is 23.8 Å². The molecule has 7 nitrogen and oxygen atoms in total. The number of ether oxygens (including phenoxy) is 1. The molecule has 7 heteroatoms. The smallest absolute Gasteiger partial charge is 0.341 e. The molecule has 0 radical (unpaired) electrons. The Morgan fingerprint density at radius 2 is 2.08 bits per heavy atom. The molecule has 0 bridgehead atoms. The van der Waals surface area contributed by atoms with Crippen LogP contribution >= 0.6 is 0 Å². The predicted molar refractivity (Wildman–Crippen MR) is 88.0 cm³/mol. The number of carbonyl (C=O) groups is 3. The van der Waals surface area contributed by atoms with E-state index in [9.17, 15) is 14.4 Å². The summed E-state index contributed by atoms with van der Waals surface area (Å²) in [5.41, 5.74) is 1.37. The average Bonchev–Trinajstić information content (AvgIpc) is 2.72. The number of hydrogen-bond donors (Lipinski definition) is 2. The van der Waals surface area contributed by atoms with Crippen LogP contribution in [0.1, 0.15) is 31.2 Å². The lowest BCUT2D eigenvalue weighted by Gasteiger charge is -2.20. The van der Waals surface area contributed by atoms with E-state index in [0.29, 0.717) is 24.4 Å². The van der Waals surface area contributed by atoms with Crippen molar-refractivity contribution in [1.29, 1.82) is 0 Å². The van der Waals surface area contributed by atoms with Gasteiger partial charge in [0.2, 0.25) is 11.8 Å². The number of carboxylic acids is 1. The van der Waals surface area contributed by atoms with Crippen LogP contribution in [0.3, 0.4) is 0 Å². The van der Waals surface area contributed by atoms with Gasteiger partial charge in [0.15, 0.2) is 6.61 Å². The number of likely N-dealkylation sites (tertiary alicyclic amines) is 1. The number of aliphatic carboxylic acids is 1. The van der Waals surface area contributed by atoms with E-state index in [1.165, 1.54) is 0 Å². The van der Waals surface area contributed by atoms with E-state index in [4.69, 9.17) is 9.84 Å². The minimum atomic E-state index is -1.05. The predicted octanol–water partition coefficient (Wildman–Crippen LogP) is 1.80. The zero-order valence-corrected chi connectivity index (χ0v) is 13.7. The number of aryl methyl sites for hydroxylation is 1. The molecule has 1 aliphatic heterocycles. The van der Waals surface area contributed by atoms with E-state index in [1.807, 2.05) is 0 Å². The summed E-state index contributed by atoms with van der Waals surface area (Å²) in [4.78, 5) is 36.2. The third-order valence-corrected chi connectivity index (χ3v) is 3.84. The molecular weight excluding hydrogens is 312 g/mol. The molecule has 0 aromatic heterocycles. The Hall–Kier alpha value is -2.57. The fourth-order valence-electron chi connectivity index (χ4n) is 2.58. The van der Waals surface area contributed by atoms with Crippen LogP contribution < -0.4 is 10.1 Å². The Morgan fingerprint density at radius 1 is 1.29 bits per heavy atom. The molecule has 0 atom stereocenters. The summed E-state index contributed by atoms with van der Waals surface area (Å²) in [5, 5.41) is 11.4. The minimum absolute atomic E-state index is 0.0248. The summed E-state index contributed by atoms with van der Waals surface area (Å²) in [6.45, 7) is 2.05. The van der Waals surface area contributed by atoms with Gasteiger partial charge in [-0.2, -0.15) is 0 Å². The quantitative estimate of drug-likeness (QED) is 0.827. The van der Waals surface area contributed by atoms with Gasteiger partial charge < -0.3 is 20.1 Å². The molecule has 1 aromatic carbocycles. The maximum absolute atomic E-state index is 12.2. The Morgan fingerprint density at radius 3 is 2.79 bits per heavy atom. The van der Waals surface area contributed by atoms with Crippen molar-refractivity contribution in [3.63, 3.8) is 0 Å². The van der Waals surface area contributed by atoms with Crippen molar-refractivity contribution in [2.24, 2.45) is 0 Å². The average molecular weight is 334 g/mol. The molecule has 0 saturated carbocycles. The first kappa shape index (κ1) is 17.8. The number of rotatable bonds is 6. The van der Waals surface area contributed by atoms with Gasteiger partial charge in [-0.15, -0.1) is 0 Å². The highest BCUT2D eigenvalue weighted by atomic mass is 16.5. The van der Waals surface area contributed by atoms with Gasteiger partial charge >= 0.3 is 5.97 Å². The highest BCUT2D eigenvalue weighted by Gasteiger charge is 2.19. The molecule has 1 fully saturated rings. The van der Waals surface area contributed by atoms with Crippen LogP contribution in [0.5, 0.6) is 5.75 Å². The van der Waals surface area contributed by atoms with Crippen molar-refractivity contribution in [1.82, 2.24) is 4.90 Å². The largest absolute Gasteiger partial charge is 0.482 e. The first-order valence-electron chi connectivity index (χ1n) is 7.98. The Labute approximate surface area is 140 Å². The van der Waals surface area contributed by atoms with Gasteiger partial charge in [-0.25, -0.2) is 4.79 Å². The molecule has 0 aliphatic carbocycles. The standard InChI is InChI=1S/C17H22N2O5/c1-12-9-13(24-11-17(22)23)6-7-14(12)18-15(20)10-19-8-4-2-3-5-16(19)21/h6-7,9H,2-5,8,10-11H2,1H3,(H,18,20)(H,22,23). The van der Waals surface area contributed by atoms with Crippen LogP contribution in [0.15, 0.2) is 18.2 Å². The molecule has 1 aromatic rings. The van der Waals surface area contributed by atoms with Crippen LogP contribution in [-0.4, -0.2) is 47.5 Å². The number of carbonyl (C=O) groups excluding carboxylic acids is 2. The van der Waals surface area contributed by atoms with E-state index in [2.05, 4.69) is 5.32 Å². The Balaban J connectivity index is 1.93. The van der Waals surface area contributed by atoms with E-state index >= 15 is 0 Å². The van der Waals surface area contributed by atoms with E-state index < -0.39 is 12.6 Å². The first-order chi connectivity index (χ1) is 11.5. The van der Waals surface area contributed by atoms with Crippen LogP contribution in [0.25, 0.3) is 0 Å².